The fraction of sp³-hybridized carbons (Fsp3) is 0.400. The van der Waals surface area contributed by atoms with Gasteiger partial charge in [0.05, 0.1) is 6.04 Å². The Morgan fingerprint density at radius 3 is 2.88 bits per heavy atom. The Labute approximate surface area is 147 Å². The van der Waals surface area contributed by atoms with E-state index in [9.17, 15) is 4.79 Å². The van der Waals surface area contributed by atoms with Crippen molar-refractivity contribution in [2.75, 3.05) is 6.54 Å². The van der Waals surface area contributed by atoms with Gasteiger partial charge in [0.15, 0.2) is 0 Å². The quantitative estimate of drug-likeness (QED) is 0.899. The van der Waals surface area contributed by atoms with Gasteiger partial charge in [0.1, 0.15) is 11.4 Å². The van der Waals surface area contributed by atoms with Gasteiger partial charge in [-0.05, 0) is 43.4 Å². The van der Waals surface area contributed by atoms with E-state index in [0.717, 1.165) is 42.6 Å². The van der Waals surface area contributed by atoms with Gasteiger partial charge in [-0.2, -0.15) is 0 Å². The zero-order valence-corrected chi connectivity index (χ0v) is 14.2. The first kappa shape index (κ1) is 15.9. The molecule has 1 aliphatic carbocycles. The number of aromatic nitrogens is 1. The SMILES string of the molecule is O=C(NCCc1cccnc1)N[C@@H]1CC2(CCC2)Oc2ccccc21. The highest BCUT2D eigenvalue weighted by Crippen LogP contribution is 2.48. The lowest BCUT2D eigenvalue weighted by Gasteiger charge is -2.48. The molecule has 2 aromatic rings. The Balaban J connectivity index is 1.37. The van der Waals surface area contributed by atoms with Crippen molar-refractivity contribution in [2.24, 2.45) is 0 Å². The number of ether oxygens (including phenoxy) is 1. The zero-order valence-electron chi connectivity index (χ0n) is 14.2. The molecular formula is C20H23N3O2. The highest BCUT2D eigenvalue weighted by Gasteiger charge is 2.45. The van der Waals surface area contributed by atoms with Crippen molar-refractivity contribution >= 4 is 6.03 Å². The molecule has 1 spiro atoms. The van der Waals surface area contributed by atoms with Gasteiger partial charge in [-0.1, -0.05) is 24.3 Å². The van der Waals surface area contributed by atoms with Crippen LogP contribution in [0, 0.1) is 0 Å². The van der Waals surface area contributed by atoms with Crippen molar-refractivity contribution in [3.8, 4) is 5.75 Å². The highest BCUT2D eigenvalue weighted by molar-refractivity contribution is 5.74. The van der Waals surface area contributed by atoms with E-state index in [1.807, 2.05) is 42.6 Å². The molecule has 2 N–H and O–H groups in total. The molecule has 2 aliphatic rings. The van der Waals surface area contributed by atoms with Crippen molar-refractivity contribution in [1.29, 1.82) is 0 Å². The first-order valence-corrected chi connectivity index (χ1v) is 8.95. The van der Waals surface area contributed by atoms with E-state index in [2.05, 4.69) is 15.6 Å². The molecule has 25 heavy (non-hydrogen) atoms. The number of amides is 2. The largest absolute Gasteiger partial charge is 0.487 e. The molecule has 1 aromatic carbocycles. The molecule has 4 rings (SSSR count). The van der Waals surface area contributed by atoms with Crippen LogP contribution >= 0.6 is 0 Å². The molecule has 1 fully saturated rings. The molecule has 2 heterocycles. The number of urea groups is 1. The van der Waals surface area contributed by atoms with Crippen molar-refractivity contribution in [2.45, 2.75) is 43.7 Å². The normalized spacial score (nSPS) is 20.1. The summed E-state index contributed by atoms with van der Waals surface area (Å²) in [5.74, 6) is 0.911. The topological polar surface area (TPSA) is 63.2 Å². The van der Waals surface area contributed by atoms with Crippen LogP contribution in [0.4, 0.5) is 4.79 Å². The number of carbonyl (C=O) groups is 1. The molecule has 1 atom stereocenters. The van der Waals surface area contributed by atoms with Gasteiger partial charge in [-0.15, -0.1) is 0 Å². The number of benzene rings is 1. The van der Waals surface area contributed by atoms with Crippen LogP contribution in [0.2, 0.25) is 0 Å². The number of rotatable bonds is 4. The van der Waals surface area contributed by atoms with E-state index in [1.165, 1.54) is 6.42 Å². The van der Waals surface area contributed by atoms with Gasteiger partial charge in [0.2, 0.25) is 0 Å². The summed E-state index contributed by atoms with van der Waals surface area (Å²) in [5, 5.41) is 6.09. The number of hydrogen-bond donors (Lipinski definition) is 2. The Morgan fingerprint density at radius 1 is 1.24 bits per heavy atom. The van der Waals surface area contributed by atoms with E-state index < -0.39 is 0 Å². The molecule has 1 aromatic heterocycles. The van der Waals surface area contributed by atoms with Gasteiger partial charge in [0.25, 0.3) is 0 Å². The van der Waals surface area contributed by atoms with Crippen LogP contribution < -0.4 is 15.4 Å². The Morgan fingerprint density at radius 2 is 2.12 bits per heavy atom. The maximum Gasteiger partial charge on any atom is 0.315 e. The molecule has 5 heteroatoms. The van der Waals surface area contributed by atoms with Crippen molar-refractivity contribution in [3.05, 3.63) is 59.9 Å². The first-order valence-electron chi connectivity index (χ1n) is 8.95. The van der Waals surface area contributed by atoms with Crippen LogP contribution in [-0.4, -0.2) is 23.2 Å². The minimum Gasteiger partial charge on any atom is -0.487 e. The lowest BCUT2D eigenvalue weighted by atomic mass is 9.73. The number of pyridine rings is 1. The van der Waals surface area contributed by atoms with Gasteiger partial charge < -0.3 is 15.4 Å². The second-order valence-corrected chi connectivity index (χ2v) is 6.94. The monoisotopic (exact) mass is 337 g/mol. The van der Waals surface area contributed by atoms with Crippen LogP contribution in [0.1, 0.15) is 42.9 Å². The molecule has 130 valence electrons. The average molecular weight is 337 g/mol. The number of carbonyl (C=O) groups excluding carboxylic acids is 1. The molecule has 2 amide bonds. The van der Waals surface area contributed by atoms with Crippen LogP contribution in [0.5, 0.6) is 5.75 Å². The predicted molar refractivity (Wildman–Crippen MR) is 95.5 cm³/mol. The molecule has 0 bridgehead atoms. The summed E-state index contributed by atoms with van der Waals surface area (Å²) >= 11 is 0. The number of nitrogens with one attached hydrogen (secondary N) is 2. The van der Waals surface area contributed by atoms with Crippen molar-refractivity contribution in [1.82, 2.24) is 15.6 Å². The van der Waals surface area contributed by atoms with Crippen LogP contribution in [0.15, 0.2) is 48.8 Å². The standard InChI is InChI=1S/C20H23N3O2/c24-19(22-12-8-15-5-3-11-21-14-15)23-17-13-20(9-4-10-20)25-18-7-2-1-6-16(17)18/h1-3,5-7,11,14,17H,4,8-10,12-13H2,(H2,22,23,24)/t17-/m1/s1. The number of hydrogen-bond acceptors (Lipinski definition) is 3. The summed E-state index contributed by atoms with van der Waals surface area (Å²) in [6.07, 6.45) is 8.54. The third-order valence-corrected chi connectivity index (χ3v) is 5.19. The maximum absolute atomic E-state index is 12.3. The second-order valence-electron chi connectivity index (χ2n) is 6.94. The summed E-state index contributed by atoms with van der Waals surface area (Å²) in [7, 11) is 0. The summed E-state index contributed by atoms with van der Waals surface area (Å²) in [6.45, 7) is 0.591. The number of nitrogens with zero attached hydrogens (tertiary/aromatic N) is 1. The van der Waals surface area contributed by atoms with E-state index in [4.69, 9.17) is 4.74 Å². The summed E-state index contributed by atoms with van der Waals surface area (Å²) in [4.78, 5) is 16.4. The van der Waals surface area contributed by atoms with Crippen LogP contribution in [-0.2, 0) is 6.42 Å². The average Bonchev–Trinajstić information content (AvgIpc) is 2.61. The molecular weight excluding hydrogens is 314 g/mol. The fourth-order valence-corrected chi connectivity index (χ4v) is 3.70. The van der Waals surface area contributed by atoms with Crippen LogP contribution in [0.3, 0.4) is 0 Å². The van der Waals surface area contributed by atoms with Crippen molar-refractivity contribution in [3.63, 3.8) is 0 Å². The third-order valence-electron chi connectivity index (χ3n) is 5.19. The van der Waals surface area contributed by atoms with Gasteiger partial charge in [-0.25, -0.2) is 4.79 Å². The van der Waals surface area contributed by atoms with Crippen molar-refractivity contribution < 1.29 is 9.53 Å². The molecule has 0 saturated heterocycles. The Bertz CT molecular complexity index is 744. The number of fused-ring (bicyclic) bond motifs is 1. The van der Waals surface area contributed by atoms with E-state index in [0.29, 0.717) is 6.54 Å². The smallest absolute Gasteiger partial charge is 0.315 e. The number of para-hydroxylation sites is 1. The van der Waals surface area contributed by atoms with Gasteiger partial charge in [-0.3, -0.25) is 4.98 Å². The minimum atomic E-state index is -0.125. The van der Waals surface area contributed by atoms with E-state index in [-0.39, 0.29) is 17.7 Å². The lowest BCUT2D eigenvalue weighted by Crippen LogP contribution is -2.51. The predicted octanol–water partition coefficient (Wildman–Crippen LogP) is 3.37. The zero-order chi connectivity index (χ0) is 17.1. The molecule has 0 unspecified atom stereocenters. The summed E-state index contributed by atoms with van der Waals surface area (Å²) < 4.78 is 6.23. The summed E-state index contributed by atoms with van der Waals surface area (Å²) in [6, 6.07) is 11.8. The Kier molecular flexibility index (Phi) is 4.30. The Hall–Kier alpha value is -2.56. The molecule has 1 aliphatic heterocycles. The highest BCUT2D eigenvalue weighted by atomic mass is 16.5. The third kappa shape index (κ3) is 3.45. The minimum absolute atomic E-state index is 0.00337. The second kappa shape index (κ2) is 6.75. The van der Waals surface area contributed by atoms with E-state index >= 15 is 0 Å². The maximum atomic E-state index is 12.3. The lowest BCUT2D eigenvalue weighted by molar-refractivity contribution is -0.0355. The fourth-order valence-electron chi connectivity index (χ4n) is 3.70. The van der Waals surface area contributed by atoms with Gasteiger partial charge >= 0.3 is 6.03 Å². The van der Waals surface area contributed by atoms with Gasteiger partial charge in [0, 0.05) is 30.9 Å². The van der Waals surface area contributed by atoms with E-state index in [1.54, 1.807) is 6.20 Å². The summed E-state index contributed by atoms with van der Waals surface area (Å²) in [5.41, 5.74) is 2.11. The van der Waals surface area contributed by atoms with Crippen LogP contribution in [0.25, 0.3) is 0 Å². The first-order chi connectivity index (χ1) is 12.2. The molecule has 5 nitrogen and oxygen atoms in total. The molecule has 0 radical (unpaired) electrons. The molecule has 1 saturated carbocycles.